The molecule has 0 aliphatic heterocycles. The zero-order chi connectivity index (χ0) is 10.7. The lowest BCUT2D eigenvalue weighted by molar-refractivity contribution is 0.0962. The number of benzene rings is 1. The molecule has 1 heterocycles. The Hall–Kier alpha value is -1.45. The Balaban J connectivity index is 2.23. The van der Waals surface area contributed by atoms with Gasteiger partial charge in [-0.15, -0.1) is 0 Å². The molecule has 0 saturated heterocycles. The summed E-state index contributed by atoms with van der Waals surface area (Å²) < 4.78 is 0. The molecular formula is C12H11NOS. The summed E-state index contributed by atoms with van der Waals surface area (Å²) >= 11 is 1.50. The third kappa shape index (κ3) is 2.14. The van der Waals surface area contributed by atoms with Crippen molar-refractivity contribution in [1.29, 1.82) is 0 Å². The topological polar surface area (TPSA) is 43.1 Å². The van der Waals surface area contributed by atoms with E-state index in [4.69, 9.17) is 5.73 Å². The van der Waals surface area contributed by atoms with E-state index in [1.807, 2.05) is 41.1 Å². The van der Waals surface area contributed by atoms with Crippen molar-refractivity contribution in [2.24, 2.45) is 5.73 Å². The summed E-state index contributed by atoms with van der Waals surface area (Å²) in [5.74, 6) is -0.0255. The molecule has 1 aromatic carbocycles. The van der Waals surface area contributed by atoms with E-state index in [2.05, 4.69) is 0 Å². The highest BCUT2D eigenvalue weighted by atomic mass is 32.1. The lowest BCUT2D eigenvalue weighted by Crippen LogP contribution is -2.20. The highest BCUT2D eigenvalue weighted by molar-refractivity contribution is 7.08. The molecule has 0 saturated carbocycles. The summed E-state index contributed by atoms with van der Waals surface area (Å²) in [6.07, 6.45) is 0. The van der Waals surface area contributed by atoms with E-state index >= 15 is 0 Å². The molecule has 3 heteroatoms. The smallest absolute Gasteiger partial charge is 0.184 e. The summed E-state index contributed by atoms with van der Waals surface area (Å²) in [5, 5.41) is 3.70. The largest absolute Gasteiger partial charge is 0.318 e. The molecule has 15 heavy (non-hydrogen) atoms. The van der Waals surface area contributed by atoms with Gasteiger partial charge in [-0.1, -0.05) is 30.3 Å². The third-order valence-electron chi connectivity index (χ3n) is 2.25. The van der Waals surface area contributed by atoms with E-state index in [0.717, 1.165) is 5.56 Å². The Kier molecular flexibility index (Phi) is 2.94. The molecule has 0 radical (unpaired) electrons. The Bertz CT molecular complexity index is 436. The molecule has 1 atom stereocenters. The van der Waals surface area contributed by atoms with Crippen LogP contribution in [0.25, 0.3) is 0 Å². The lowest BCUT2D eigenvalue weighted by atomic mass is 10.0. The zero-order valence-electron chi connectivity index (χ0n) is 8.09. The highest BCUT2D eigenvalue weighted by Gasteiger charge is 2.17. The number of nitrogens with two attached hydrogens (primary N) is 1. The second-order valence-corrected chi connectivity index (χ2v) is 4.04. The number of hydrogen-bond acceptors (Lipinski definition) is 3. The molecule has 1 aromatic heterocycles. The van der Waals surface area contributed by atoms with E-state index in [-0.39, 0.29) is 5.78 Å². The first kappa shape index (κ1) is 10.1. The fourth-order valence-electron chi connectivity index (χ4n) is 1.40. The summed E-state index contributed by atoms with van der Waals surface area (Å²) in [7, 11) is 0. The molecule has 0 aliphatic carbocycles. The van der Waals surface area contributed by atoms with Gasteiger partial charge in [0.05, 0.1) is 6.04 Å². The summed E-state index contributed by atoms with van der Waals surface area (Å²) in [4.78, 5) is 11.9. The van der Waals surface area contributed by atoms with Gasteiger partial charge in [0.2, 0.25) is 0 Å². The standard InChI is InChI=1S/C12H11NOS/c13-11(9-4-2-1-3-5-9)12(14)10-6-7-15-8-10/h1-8,11H,13H2. The monoisotopic (exact) mass is 217 g/mol. The first-order chi connectivity index (χ1) is 7.29. The number of thiophene rings is 1. The number of carbonyl (C=O) groups excluding carboxylic acids is 1. The number of Topliss-reactive ketones (excluding diaryl/α,β-unsaturated/α-hetero) is 1. The Labute approximate surface area is 92.4 Å². The van der Waals surface area contributed by atoms with E-state index in [1.165, 1.54) is 11.3 Å². The second-order valence-electron chi connectivity index (χ2n) is 3.26. The van der Waals surface area contributed by atoms with Crippen LogP contribution < -0.4 is 5.73 Å². The first-order valence-corrected chi connectivity index (χ1v) is 5.60. The van der Waals surface area contributed by atoms with Crippen molar-refractivity contribution in [2.75, 3.05) is 0 Å². The fraction of sp³-hybridized carbons (Fsp3) is 0.0833. The molecule has 0 spiro atoms. The maximum Gasteiger partial charge on any atom is 0.184 e. The predicted molar refractivity (Wildman–Crippen MR) is 62.0 cm³/mol. The molecular weight excluding hydrogens is 206 g/mol. The van der Waals surface area contributed by atoms with Crippen molar-refractivity contribution in [1.82, 2.24) is 0 Å². The van der Waals surface area contributed by atoms with Crippen molar-refractivity contribution in [3.63, 3.8) is 0 Å². The molecule has 0 bridgehead atoms. The van der Waals surface area contributed by atoms with E-state index in [1.54, 1.807) is 6.07 Å². The van der Waals surface area contributed by atoms with Crippen molar-refractivity contribution < 1.29 is 4.79 Å². The fourth-order valence-corrected chi connectivity index (χ4v) is 2.04. The molecule has 76 valence electrons. The van der Waals surface area contributed by atoms with Crippen LogP contribution in [0.5, 0.6) is 0 Å². The van der Waals surface area contributed by atoms with Crippen LogP contribution in [0, 0.1) is 0 Å². The van der Waals surface area contributed by atoms with Crippen molar-refractivity contribution >= 4 is 17.1 Å². The Morgan fingerprint density at radius 3 is 2.53 bits per heavy atom. The van der Waals surface area contributed by atoms with Gasteiger partial charge in [-0.25, -0.2) is 0 Å². The van der Waals surface area contributed by atoms with Gasteiger partial charge in [-0.3, -0.25) is 4.79 Å². The molecule has 2 rings (SSSR count). The number of rotatable bonds is 3. The molecule has 1 unspecified atom stereocenters. The van der Waals surface area contributed by atoms with E-state index in [9.17, 15) is 4.79 Å². The van der Waals surface area contributed by atoms with Crippen LogP contribution >= 0.6 is 11.3 Å². The number of ketones is 1. The molecule has 0 fully saturated rings. The average molecular weight is 217 g/mol. The summed E-state index contributed by atoms with van der Waals surface area (Å²) in [6.45, 7) is 0. The molecule has 0 aliphatic rings. The first-order valence-electron chi connectivity index (χ1n) is 4.66. The maximum atomic E-state index is 11.9. The quantitative estimate of drug-likeness (QED) is 0.803. The SMILES string of the molecule is NC(C(=O)c1ccsc1)c1ccccc1. The second kappa shape index (κ2) is 4.38. The average Bonchev–Trinajstić information content (AvgIpc) is 2.82. The highest BCUT2D eigenvalue weighted by Crippen LogP contribution is 2.17. The van der Waals surface area contributed by atoms with Crippen LogP contribution in [0.3, 0.4) is 0 Å². The van der Waals surface area contributed by atoms with Crippen LogP contribution in [0.2, 0.25) is 0 Å². The number of hydrogen-bond donors (Lipinski definition) is 1. The lowest BCUT2D eigenvalue weighted by Gasteiger charge is -2.09. The Morgan fingerprint density at radius 2 is 1.93 bits per heavy atom. The molecule has 0 amide bonds. The van der Waals surface area contributed by atoms with Crippen LogP contribution in [0.4, 0.5) is 0 Å². The van der Waals surface area contributed by atoms with Crippen LogP contribution in [-0.2, 0) is 0 Å². The van der Waals surface area contributed by atoms with Gasteiger partial charge in [0.25, 0.3) is 0 Å². The van der Waals surface area contributed by atoms with Gasteiger partial charge in [-0.2, -0.15) is 11.3 Å². The van der Waals surface area contributed by atoms with Crippen LogP contribution in [-0.4, -0.2) is 5.78 Å². The minimum absolute atomic E-state index is 0.0255. The van der Waals surface area contributed by atoms with Crippen molar-refractivity contribution in [3.05, 3.63) is 58.3 Å². The van der Waals surface area contributed by atoms with Crippen molar-refractivity contribution in [2.45, 2.75) is 6.04 Å². The normalized spacial score (nSPS) is 12.3. The Morgan fingerprint density at radius 1 is 1.20 bits per heavy atom. The minimum atomic E-state index is -0.555. The minimum Gasteiger partial charge on any atom is -0.318 e. The van der Waals surface area contributed by atoms with Gasteiger partial charge in [-0.05, 0) is 17.0 Å². The summed E-state index contributed by atoms with van der Waals surface area (Å²) in [6, 6.07) is 10.7. The molecule has 2 aromatic rings. The third-order valence-corrected chi connectivity index (χ3v) is 2.93. The van der Waals surface area contributed by atoms with Gasteiger partial charge in [0, 0.05) is 10.9 Å². The van der Waals surface area contributed by atoms with Gasteiger partial charge in [0.1, 0.15) is 0 Å². The number of carbonyl (C=O) groups is 1. The molecule has 2 N–H and O–H groups in total. The maximum absolute atomic E-state index is 11.9. The van der Waals surface area contributed by atoms with Crippen molar-refractivity contribution in [3.8, 4) is 0 Å². The van der Waals surface area contributed by atoms with Gasteiger partial charge >= 0.3 is 0 Å². The molecule has 2 nitrogen and oxygen atoms in total. The van der Waals surface area contributed by atoms with Crippen LogP contribution in [0.15, 0.2) is 47.2 Å². The predicted octanol–water partition coefficient (Wildman–Crippen LogP) is 2.63. The zero-order valence-corrected chi connectivity index (χ0v) is 8.91. The van der Waals surface area contributed by atoms with Crippen LogP contribution in [0.1, 0.15) is 22.0 Å². The summed E-state index contributed by atoms with van der Waals surface area (Å²) in [5.41, 5.74) is 7.43. The van der Waals surface area contributed by atoms with Gasteiger partial charge < -0.3 is 5.73 Å². The van der Waals surface area contributed by atoms with Gasteiger partial charge in [0.15, 0.2) is 5.78 Å². The van der Waals surface area contributed by atoms with E-state index in [0.29, 0.717) is 5.56 Å². The van der Waals surface area contributed by atoms with E-state index < -0.39 is 6.04 Å².